The molecule has 1 aromatic rings. The third kappa shape index (κ3) is 4.19. The van der Waals surface area contributed by atoms with Crippen molar-refractivity contribution in [3.8, 4) is 0 Å². The second kappa shape index (κ2) is 9.78. The molecule has 2 aliphatic heterocycles. The summed E-state index contributed by atoms with van der Waals surface area (Å²) in [5.41, 5.74) is -1.35. The van der Waals surface area contributed by atoms with E-state index in [1.807, 2.05) is 20.8 Å². The number of aliphatic hydroxyl groups is 1. The molecule has 2 saturated carbocycles. The maximum absolute atomic E-state index is 13.5. The molecule has 0 amide bonds. The van der Waals surface area contributed by atoms with Gasteiger partial charge in [-0.15, -0.1) is 0 Å². The molecular weight excluding hydrogens is 520 g/mol. The number of ether oxygens (including phenoxy) is 5. The molecule has 1 saturated heterocycles. The summed E-state index contributed by atoms with van der Waals surface area (Å²) >= 11 is 0. The van der Waals surface area contributed by atoms with Crippen LogP contribution in [0.1, 0.15) is 58.3 Å². The van der Waals surface area contributed by atoms with Gasteiger partial charge >= 0.3 is 17.9 Å². The van der Waals surface area contributed by atoms with Crippen molar-refractivity contribution in [2.75, 3.05) is 6.61 Å². The quantitative estimate of drug-likeness (QED) is 0.426. The smallest absolute Gasteiger partial charge is 0.338 e. The zero-order valence-electron chi connectivity index (χ0n) is 23.5. The molecule has 1 N–H and O–H groups in total. The van der Waals surface area contributed by atoms with Crippen LogP contribution in [-0.2, 0) is 38.1 Å². The highest BCUT2D eigenvalue weighted by molar-refractivity contribution is 5.94. The van der Waals surface area contributed by atoms with Gasteiger partial charge in [-0.2, -0.15) is 0 Å². The Bertz CT molecular complexity index is 1250. The van der Waals surface area contributed by atoms with Gasteiger partial charge in [-0.1, -0.05) is 45.0 Å². The molecule has 2 bridgehead atoms. The predicted molar refractivity (Wildman–Crippen MR) is 139 cm³/mol. The Hall–Kier alpha value is -3.08. The summed E-state index contributed by atoms with van der Waals surface area (Å²) < 4.78 is 30.4. The van der Waals surface area contributed by atoms with Gasteiger partial charge in [0.05, 0.1) is 12.2 Å². The average molecular weight is 557 g/mol. The van der Waals surface area contributed by atoms with Crippen molar-refractivity contribution in [3.05, 3.63) is 47.5 Å². The molecule has 5 rings (SSSR count). The number of esters is 3. The van der Waals surface area contributed by atoms with E-state index in [-0.39, 0.29) is 24.4 Å². The Balaban J connectivity index is 1.72. The van der Waals surface area contributed by atoms with E-state index in [0.29, 0.717) is 5.57 Å². The van der Waals surface area contributed by atoms with Crippen LogP contribution >= 0.6 is 0 Å². The van der Waals surface area contributed by atoms with Gasteiger partial charge in [0, 0.05) is 30.8 Å². The van der Waals surface area contributed by atoms with E-state index >= 15 is 0 Å². The van der Waals surface area contributed by atoms with Gasteiger partial charge in [-0.3, -0.25) is 14.4 Å². The number of carbonyl (C=O) groups excluding carboxylic acids is 4. The number of ketones is 1. The molecule has 10 heteroatoms. The highest BCUT2D eigenvalue weighted by Gasteiger charge is 2.75. The fourth-order valence-electron chi connectivity index (χ4n) is 7.62. The maximum Gasteiger partial charge on any atom is 0.338 e. The first kappa shape index (κ1) is 28.4. The van der Waals surface area contributed by atoms with Crippen LogP contribution < -0.4 is 0 Å². The molecule has 4 aliphatic rings. The molecule has 2 heterocycles. The molecular formula is C30H36O10. The summed E-state index contributed by atoms with van der Waals surface area (Å²) in [6.07, 6.45) is -3.18. The number of aliphatic hydroxyl groups excluding tert-OH is 1. The summed E-state index contributed by atoms with van der Waals surface area (Å²) in [6, 6.07) is 8.38. The van der Waals surface area contributed by atoms with Gasteiger partial charge in [-0.05, 0) is 36.8 Å². The van der Waals surface area contributed by atoms with Crippen LogP contribution in [0.25, 0.3) is 0 Å². The van der Waals surface area contributed by atoms with Crippen molar-refractivity contribution in [1.82, 2.24) is 0 Å². The zero-order valence-corrected chi connectivity index (χ0v) is 23.5. The number of rotatable bonds is 5. The lowest BCUT2D eigenvalue weighted by molar-refractivity contribution is -0.344. The molecule has 0 radical (unpaired) electrons. The topological polar surface area (TPSA) is 135 Å². The first-order valence-corrected chi connectivity index (χ1v) is 13.6. The Morgan fingerprint density at radius 2 is 1.60 bits per heavy atom. The highest BCUT2D eigenvalue weighted by Crippen LogP contribution is 2.67. The van der Waals surface area contributed by atoms with Crippen molar-refractivity contribution < 1.29 is 48.0 Å². The standard InChI is InChI=1S/C30H36O10/c1-15(31)19-12-22-29(6)21(13-23(37-16(2)32)30(22)36-14-20(19)40-30)28(4,5)25(34)24(38-17(3)33)26(29)39-27(35)18-10-8-7-9-11-18/h7-12,20-26,34H,13-14H2,1-6H3/t20-,21+,22-,23-,24+,25-,26+,29+,30+/m1/s1. The van der Waals surface area contributed by atoms with E-state index in [1.165, 1.54) is 20.8 Å². The number of fused-ring (bicyclic) bond motifs is 3. The third-order valence-corrected chi connectivity index (χ3v) is 9.38. The molecule has 0 unspecified atom stereocenters. The van der Waals surface area contributed by atoms with Gasteiger partial charge in [0.15, 0.2) is 18.0 Å². The van der Waals surface area contributed by atoms with Crippen LogP contribution in [0.15, 0.2) is 42.0 Å². The minimum absolute atomic E-state index is 0.0777. The van der Waals surface area contributed by atoms with Crippen LogP contribution in [0.3, 0.4) is 0 Å². The minimum atomic E-state index is -1.48. The largest absolute Gasteiger partial charge is 0.457 e. The highest BCUT2D eigenvalue weighted by atomic mass is 16.8. The summed E-state index contributed by atoms with van der Waals surface area (Å²) in [5, 5.41) is 11.7. The lowest BCUT2D eigenvalue weighted by atomic mass is 9.43. The predicted octanol–water partition coefficient (Wildman–Crippen LogP) is 2.76. The number of hydrogen-bond acceptors (Lipinski definition) is 10. The maximum atomic E-state index is 13.5. The Morgan fingerprint density at radius 3 is 2.20 bits per heavy atom. The molecule has 1 spiro atoms. The molecule has 40 heavy (non-hydrogen) atoms. The molecule has 9 atom stereocenters. The van der Waals surface area contributed by atoms with Crippen LogP contribution in [0, 0.1) is 22.7 Å². The van der Waals surface area contributed by atoms with E-state index in [1.54, 1.807) is 36.4 Å². The lowest BCUT2D eigenvalue weighted by Gasteiger charge is -2.66. The van der Waals surface area contributed by atoms with Crippen LogP contribution in [0.2, 0.25) is 0 Å². The zero-order chi connectivity index (χ0) is 29.2. The fourth-order valence-corrected chi connectivity index (χ4v) is 7.62. The van der Waals surface area contributed by atoms with E-state index in [0.717, 1.165) is 0 Å². The summed E-state index contributed by atoms with van der Waals surface area (Å²) in [6.45, 7) is 9.60. The van der Waals surface area contributed by atoms with Crippen molar-refractivity contribution in [2.24, 2.45) is 22.7 Å². The fraction of sp³-hybridized carbons (Fsp3) is 0.600. The van der Waals surface area contributed by atoms with E-state index in [4.69, 9.17) is 23.7 Å². The summed E-state index contributed by atoms with van der Waals surface area (Å²) in [4.78, 5) is 50.8. The molecule has 0 aromatic heterocycles. The molecule has 2 aliphatic carbocycles. The Morgan fingerprint density at radius 1 is 0.950 bits per heavy atom. The van der Waals surface area contributed by atoms with Crippen LogP contribution in [-0.4, -0.2) is 71.7 Å². The Labute approximate surface area is 232 Å². The van der Waals surface area contributed by atoms with Gasteiger partial charge in [0.25, 0.3) is 0 Å². The van der Waals surface area contributed by atoms with Gasteiger partial charge < -0.3 is 28.8 Å². The van der Waals surface area contributed by atoms with Crippen molar-refractivity contribution >= 4 is 23.7 Å². The first-order chi connectivity index (χ1) is 18.7. The minimum Gasteiger partial charge on any atom is -0.457 e. The summed E-state index contributed by atoms with van der Waals surface area (Å²) in [5.74, 6) is -4.77. The number of hydrogen-bond donors (Lipinski definition) is 1. The van der Waals surface area contributed by atoms with Gasteiger partial charge in [0.1, 0.15) is 18.3 Å². The van der Waals surface area contributed by atoms with Gasteiger partial charge in [-0.25, -0.2) is 4.79 Å². The molecule has 3 fully saturated rings. The van der Waals surface area contributed by atoms with E-state index < -0.39 is 76.9 Å². The lowest BCUT2D eigenvalue weighted by Crippen LogP contribution is -2.75. The normalized spacial score (nSPS) is 39.2. The molecule has 10 nitrogen and oxygen atoms in total. The number of benzene rings is 1. The second-order valence-corrected chi connectivity index (χ2v) is 12.1. The molecule has 1 aromatic carbocycles. The van der Waals surface area contributed by atoms with Crippen molar-refractivity contribution in [2.45, 2.75) is 84.3 Å². The molecule has 216 valence electrons. The van der Waals surface area contributed by atoms with E-state index in [2.05, 4.69) is 0 Å². The monoisotopic (exact) mass is 556 g/mol. The van der Waals surface area contributed by atoms with Crippen LogP contribution in [0.4, 0.5) is 0 Å². The van der Waals surface area contributed by atoms with Crippen molar-refractivity contribution in [3.63, 3.8) is 0 Å². The SMILES string of the molecule is CC(=O)O[C@H]1[C@@H](O)C(C)(C)[C@@H]2C[C@@H](OC(C)=O)[C@@]34OC[C@@H](O3)C(C(C)=O)=C[C@@H]4[C@@]2(C)[C@H]1OC(=O)c1ccccc1. The van der Waals surface area contributed by atoms with Gasteiger partial charge in [0.2, 0.25) is 5.79 Å². The first-order valence-electron chi connectivity index (χ1n) is 13.6. The Kier molecular flexibility index (Phi) is 6.96. The number of carbonyl (C=O) groups is 4. The van der Waals surface area contributed by atoms with Crippen LogP contribution in [0.5, 0.6) is 0 Å². The summed E-state index contributed by atoms with van der Waals surface area (Å²) in [7, 11) is 0. The van der Waals surface area contributed by atoms with Crippen molar-refractivity contribution in [1.29, 1.82) is 0 Å². The third-order valence-electron chi connectivity index (χ3n) is 9.38. The second-order valence-electron chi connectivity index (χ2n) is 12.1. The number of Topliss-reactive ketones (excluding diaryl/α,β-unsaturated/α-hetero) is 1. The average Bonchev–Trinajstić information content (AvgIpc) is 3.24. The van der Waals surface area contributed by atoms with E-state index in [9.17, 15) is 24.3 Å².